The minimum atomic E-state index is -0.443. The highest BCUT2D eigenvalue weighted by atomic mass is 32.2. The van der Waals surface area contributed by atoms with Crippen LogP contribution < -0.4 is 11.3 Å². The van der Waals surface area contributed by atoms with Crippen LogP contribution in [-0.4, -0.2) is 45.2 Å². The van der Waals surface area contributed by atoms with Crippen LogP contribution in [0.5, 0.6) is 0 Å². The molecule has 0 aliphatic rings. The van der Waals surface area contributed by atoms with Crippen molar-refractivity contribution in [2.45, 2.75) is 44.1 Å². The zero-order valence-corrected chi connectivity index (χ0v) is 15.9. The number of nitrogens with zero attached hydrogens (tertiary/aromatic N) is 3. The summed E-state index contributed by atoms with van der Waals surface area (Å²) < 4.78 is 1.68. The zero-order valence-electron chi connectivity index (χ0n) is 15.1. The molecule has 1 amide bonds. The van der Waals surface area contributed by atoms with E-state index in [0.717, 1.165) is 26.1 Å². The number of fused-ring (bicyclic) bond motifs is 1. The third-order valence-electron chi connectivity index (χ3n) is 4.26. The summed E-state index contributed by atoms with van der Waals surface area (Å²) in [7, 11) is 0. The second kappa shape index (κ2) is 9.01. The highest BCUT2D eigenvalue weighted by molar-refractivity contribution is 8.00. The summed E-state index contributed by atoms with van der Waals surface area (Å²) in [5.74, 6) is -0.415. The molecule has 0 bridgehead atoms. The maximum atomic E-state index is 12.9. The van der Waals surface area contributed by atoms with E-state index in [4.69, 9.17) is 5.73 Å². The lowest BCUT2D eigenvalue weighted by atomic mass is 10.2. The lowest BCUT2D eigenvalue weighted by Gasteiger charge is -2.19. The SMILES string of the molecule is CCN(CC)CCCn1c(S[C@H](C)C(N)=O)nc2ccccc2c1=O. The van der Waals surface area contributed by atoms with Gasteiger partial charge in [-0.25, -0.2) is 4.98 Å². The lowest BCUT2D eigenvalue weighted by Crippen LogP contribution is -2.29. The molecule has 0 fully saturated rings. The molecular weight excluding hydrogens is 336 g/mol. The summed E-state index contributed by atoms with van der Waals surface area (Å²) in [5, 5.41) is 0.707. The van der Waals surface area contributed by atoms with Gasteiger partial charge < -0.3 is 10.6 Å². The Kier molecular flexibility index (Phi) is 7.01. The maximum Gasteiger partial charge on any atom is 0.262 e. The number of benzene rings is 1. The zero-order chi connectivity index (χ0) is 18.4. The third-order valence-corrected chi connectivity index (χ3v) is 5.37. The minimum Gasteiger partial charge on any atom is -0.369 e. The van der Waals surface area contributed by atoms with Crippen molar-refractivity contribution in [1.82, 2.24) is 14.5 Å². The molecule has 2 N–H and O–H groups in total. The molecule has 1 atom stereocenters. The van der Waals surface area contributed by atoms with E-state index >= 15 is 0 Å². The first-order chi connectivity index (χ1) is 12.0. The lowest BCUT2D eigenvalue weighted by molar-refractivity contribution is -0.117. The van der Waals surface area contributed by atoms with Gasteiger partial charge in [-0.3, -0.25) is 14.2 Å². The molecular formula is C18H26N4O2S. The summed E-state index contributed by atoms with van der Waals surface area (Å²) in [6.07, 6.45) is 0.847. The van der Waals surface area contributed by atoms with Crippen LogP contribution in [-0.2, 0) is 11.3 Å². The highest BCUT2D eigenvalue weighted by Crippen LogP contribution is 2.22. The van der Waals surface area contributed by atoms with Crippen molar-refractivity contribution in [2.24, 2.45) is 5.73 Å². The molecule has 0 unspecified atom stereocenters. The second-order valence-corrected chi connectivity index (χ2v) is 7.22. The van der Waals surface area contributed by atoms with Crippen molar-refractivity contribution in [3.8, 4) is 0 Å². The fourth-order valence-electron chi connectivity index (χ4n) is 2.64. The maximum absolute atomic E-state index is 12.9. The Hall–Kier alpha value is -1.86. The van der Waals surface area contributed by atoms with Gasteiger partial charge in [-0.1, -0.05) is 37.7 Å². The number of para-hydroxylation sites is 1. The van der Waals surface area contributed by atoms with Crippen molar-refractivity contribution < 1.29 is 4.79 Å². The summed E-state index contributed by atoms with van der Waals surface area (Å²) >= 11 is 1.24. The van der Waals surface area contributed by atoms with Crippen LogP contribution in [0.1, 0.15) is 27.2 Å². The summed E-state index contributed by atoms with van der Waals surface area (Å²) in [4.78, 5) is 31.2. The van der Waals surface area contributed by atoms with Crippen molar-refractivity contribution in [2.75, 3.05) is 19.6 Å². The first-order valence-electron chi connectivity index (χ1n) is 8.65. The summed E-state index contributed by atoms with van der Waals surface area (Å²) in [5.41, 5.74) is 5.96. The molecule has 25 heavy (non-hydrogen) atoms. The molecule has 0 aliphatic carbocycles. The fourth-order valence-corrected chi connectivity index (χ4v) is 3.53. The predicted octanol–water partition coefficient (Wildman–Crippen LogP) is 2.09. The number of rotatable bonds is 9. The van der Waals surface area contributed by atoms with E-state index in [0.29, 0.717) is 22.6 Å². The Morgan fingerprint density at radius 1 is 1.32 bits per heavy atom. The highest BCUT2D eigenvalue weighted by Gasteiger charge is 2.17. The van der Waals surface area contributed by atoms with E-state index in [-0.39, 0.29) is 5.56 Å². The van der Waals surface area contributed by atoms with Crippen molar-refractivity contribution in [1.29, 1.82) is 0 Å². The van der Waals surface area contributed by atoms with Gasteiger partial charge in [0.2, 0.25) is 5.91 Å². The Morgan fingerprint density at radius 3 is 2.64 bits per heavy atom. The van der Waals surface area contributed by atoms with Crippen molar-refractivity contribution >= 4 is 28.6 Å². The number of primary amides is 1. The average Bonchev–Trinajstić information content (AvgIpc) is 2.61. The van der Waals surface area contributed by atoms with Gasteiger partial charge in [0.1, 0.15) is 0 Å². The van der Waals surface area contributed by atoms with Gasteiger partial charge in [0.25, 0.3) is 5.56 Å². The quantitative estimate of drug-likeness (QED) is 0.546. The standard InChI is InChI=1S/C18H26N4O2S/c1-4-21(5-2)11-8-12-22-17(24)14-9-6-7-10-15(14)20-18(22)25-13(3)16(19)23/h6-7,9-10,13H,4-5,8,11-12H2,1-3H3,(H2,19,23)/t13-/m1/s1. The molecule has 6 nitrogen and oxygen atoms in total. The van der Waals surface area contributed by atoms with Gasteiger partial charge >= 0.3 is 0 Å². The van der Waals surface area contributed by atoms with Gasteiger partial charge in [0, 0.05) is 6.54 Å². The van der Waals surface area contributed by atoms with Crippen LogP contribution in [0.3, 0.4) is 0 Å². The number of amides is 1. The van der Waals surface area contributed by atoms with Gasteiger partial charge in [0.05, 0.1) is 16.2 Å². The second-order valence-electron chi connectivity index (χ2n) is 5.91. The van der Waals surface area contributed by atoms with E-state index in [2.05, 4.69) is 23.7 Å². The largest absolute Gasteiger partial charge is 0.369 e. The van der Waals surface area contributed by atoms with Crippen molar-refractivity contribution in [3.05, 3.63) is 34.6 Å². The van der Waals surface area contributed by atoms with Crippen LogP contribution in [0.25, 0.3) is 10.9 Å². The van der Waals surface area contributed by atoms with E-state index < -0.39 is 11.2 Å². The van der Waals surface area contributed by atoms with E-state index in [1.807, 2.05) is 18.2 Å². The molecule has 0 aliphatic heterocycles. The Labute approximate surface area is 152 Å². The van der Waals surface area contributed by atoms with Crippen molar-refractivity contribution in [3.63, 3.8) is 0 Å². The van der Waals surface area contributed by atoms with Gasteiger partial charge in [-0.05, 0) is 45.1 Å². The molecule has 1 aromatic heterocycles. The molecule has 0 radical (unpaired) electrons. The third kappa shape index (κ3) is 4.83. The first kappa shape index (κ1) is 19.5. The number of hydrogen-bond acceptors (Lipinski definition) is 5. The molecule has 136 valence electrons. The summed E-state index contributed by atoms with van der Waals surface area (Å²) in [6, 6.07) is 7.30. The number of hydrogen-bond donors (Lipinski definition) is 1. The van der Waals surface area contributed by atoms with Crippen LogP contribution in [0.15, 0.2) is 34.2 Å². The molecule has 1 aromatic carbocycles. The molecule has 2 rings (SSSR count). The Balaban J connectivity index is 2.35. The van der Waals surface area contributed by atoms with Crippen LogP contribution >= 0.6 is 11.8 Å². The average molecular weight is 362 g/mol. The number of thioether (sulfide) groups is 1. The smallest absolute Gasteiger partial charge is 0.262 e. The molecule has 0 saturated heterocycles. The number of carbonyl (C=O) groups is 1. The number of aromatic nitrogens is 2. The Morgan fingerprint density at radius 2 is 2.00 bits per heavy atom. The Bertz CT molecular complexity index is 786. The van der Waals surface area contributed by atoms with E-state index in [9.17, 15) is 9.59 Å². The monoisotopic (exact) mass is 362 g/mol. The van der Waals surface area contributed by atoms with Crippen LogP contribution in [0, 0.1) is 0 Å². The van der Waals surface area contributed by atoms with E-state index in [1.165, 1.54) is 11.8 Å². The summed E-state index contributed by atoms with van der Waals surface area (Å²) in [6.45, 7) is 9.45. The normalized spacial score (nSPS) is 12.6. The molecule has 1 heterocycles. The molecule has 7 heteroatoms. The molecule has 0 spiro atoms. The van der Waals surface area contributed by atoms with Gasteiger partial charge in [0.15, 0.2) is 5.16 Å². The molecule has 2 aromatic rings. The molecule has 0 saturated carbocycles. The predicted molar refractivity (Wildman–Crippen MR) is 103 cm³/mol. The number of nitrogens with two attached hydrogens (primary N) is 1. The fraction of sp³-hybridized carbons (Fsp3) is 0.500. The van der Waals surface area contributed by atoms with E-state index in [1.54, 1.807) is 17.6 Å². The topological polar surface area (TPSA) is 81.2 Å². The minimum absolute atomic E-state index is 0.0654. The van der Waals surface area contributed by atoms with Gasteiger partial charge in [-0.15, -0.1) is 0 Å². The van der Waals surface area contributed by atoms with Crippen LogP contribution in [0.2, 0.25) is 0 Å². The first-order valence-corrected chi connectivity index (χ1v) is 9.53. The van der Waals surface area contributed by atoms with Crippen LogP contribution in [0.4, 0.5) is 0 Å². The number of carbonyl (C=O) groups excluding carboxylic acids is 1. The van der Waals surface area contributed by atoms with Gasteiger partial charge in [-0.2, -0.15) is 0 Å².